The van der Waals surface area contributed by atoms with Crippen molar-refractivity contribution in [2.45, 2.75) is 25.1 Å². The van der Waals surface area contributed by atoms with Crippen molar-refractivity contribution in [1.29, 1.82) is 0 Å². The number of nitrogens with zero attached hydrogens (tertiary/aromatic N) is 1. The number of amides is 2. The average Bonchev–Trinajstić information content (AvgIpc) is 3.29. The summed E-state index contributed by atoms with van der Waals surface area (Å²) in [6, 6.07) is 5.11. The van der Waals surface area contributed by atoms with Crippen molar-refractivity contribution in [3.8, 4) is 11.5 Å². The van der Waals surface area contributed by atoms with Crippen LogP contribution in [0.15, 0.2) is 30.3 Å². The number of cyclic esters (lactones) is 1. The van der Waals surface area contributed by atoms with Crippen LogP contribution in [0.5, 0.6) is 11.5 Å². The lowest BCUT2D eigenvalue weighted by Gasteiger charge is -2.29. The lowest BCUT2D eigenvalue weighted by Crippen LogP contribution is -2.43. The number of halogens is 2. The predicted molar refractivity (Wildman–Crippen MR) is 103 cm³/mol. The standard InChI is InChI=1S/C21H18F2N2O6/c1-29-15-7-4-11-17(18(15)30-2)21(28)31-20(11)25-14(6-8-16(25)26)19(27)24-10-3-5-12(22)13(23)9-10/h3-5,7,9,14,20H,6,8H2,1-2H3,(H,24,27)/t14-,20+/m0/s1. The number of esters is 1. The number of fused-ring (bicyclic) bond motifs is 1. The molecule has 2 amide bonds. The molecule has 0 unspecified atom stereocenters. The molecule has 4 rings (SSSR count). The second-order valence-corrected chi connectivity index (χ2v) is 7.00. The maximum Gasteiger partial charge on any atom is 0.344 e. The summed E-state index contributed by atoms with van der Waals surface area (Å²) in [4.78, 5) is 39.2. The van der Waals surface area contributed by atoms with E-state index in [-0.39, 0.29) is 35.7 Å². The Bertz CT molecular complexity index is 1090. The van der Waals surface area contributed by atoms with Gasteiger partial charge in [-0.05, 0) is 30.7 Å². The summed E-state index contributed by atoms with van der Waals surface area (Å²) >= 11 is 0. The van der Waals surface area contributed by atoms with Gasteiger partial charge >= 0.3 is 5.97 Å². The maximum atomic E-state index is 13.5. The van der Waals surface area contributed by atoms with Gasteiger partial charge in [-0.3, -0.25) is 14.5 Å². The molecule has 31 heavy (non-hydrogen) atoms. The second-order valence-electron chi connectivity index (χ2n) is 7.00. The minimum Gasteiger partial charge on any atom is -0.493 e. The highest BCUT2D eigenvalue weighted by Gasteiger charge is 2.47. The van der Waals surface area contributed by atoms with E-state index in [0.717, 1.165) is 12.1 Å². The van der Waals surface area contributed by atoms with Crippen molar-refractivity contribution in [3.05, 3.63) is 53.1 Å². The molecule has 2 aliphatic rings. The summed E-state index contributed by atoms with van der Waals surface area (Å²) in [7, 11) is 2.79. The first-order valence-electron chi connectivity index (χ1n) is 9.38. The number of carbonyl (C=O) groups is 3. The zero-order chi connectivity index (χ0) is 22.3. The van der Waals surface area contributed by atoms with Crippen LogP contribution in [-0.2, 0) is 14.3 Å². The van der Waals surface area contributed by atoms with Gasteiger partial charge in [0.15, 0.2) is 23.1 Å². The fourth-order valence-electron chi connectivity index (χ4n) is 3.84. The van der Waals surface area contributed by atoms with Gasteiger partial charge in [-0.25, -0.2) is 13.6 Å². The number of benzene rings is 2. The molecular formula is C21H18F2N2O6. The van der Waals surface area contributed by atoms with Crippen LogP contribution in [0.2, 0.25) is 0 Å². The number of likely N-dealkylation sites (tertiary alicyclic amines) is 1. The molecule has 8 nitrogen and oxygen atoms in total. The fraction of sp³-hybridized carbons (Fsp3) is 0.286. The summed E-state index contributed by atoms with van der Waals surface area (Å²) in [6.07, 6.45) is -0.893. The Hall–Kier alpha value is -3.69. The van der Waals surface area contributed by atoms with Crippen LogP contribution in [-0.4, -0.2) is 42.9 Å². The quantitative estimate of drug-likeness (QED) is 0.731. The third kappa shape index (κ3) is 3.43. The van der Waals surface area contributed by atoms with Crippen molar-refractivity contribution in [2.24, 2.45) is 0 Å². The number of hydrogen-bond acceptors (Lipinski definition) is 6. The van der Waals surface area contributed by atoms with Gasteiger partial charge in [-0.1, -0.05) is 0 Å². The van der Waals surface area contributed by atoms with Crippen LogP contribution in [0, 0.1) is 11.6 Å². The molecule has 2 aromatic carbocycles. The lowest BCUT2D eigenvalue weighted by atomic mass is 10.1. The van der Waals surface area contributed by atoms with Crippen LogP contribution in [0.4, 0.5) is 14.5 Å². The first-order valence-corrected chi connectivity index (χ1v) is 9.38. The number of methoxy groups -OCH3 is 2. The molecule has 1 N–H and O–H groups in total. The van der Waals surface area contributed by atoms with Crippen LogP contribution < -0.4 is 14.8 Å². The van der Waals surface area contributed by atoms with Gasteiger partial charge in [0, 0.05) is 23.7 Å². The third-order valence-corrected chi connectivity index (χ3v) is 5.26. The van der Waals surface area contributed by atoms with Crippen LogP contribution in [0.1, 0.15) is 35.0 Å². The van der Waals surface area contributed by atoms with Crippen molar-refractivity contribution < 1.29 is 37.4 Å². The van der Waals surface area contributed by atoms with E-state index < -0.39 is 35.8 Å². The highest BCUT2D eigenvalue weighted by atomic mass is 19.2. The van der Waals surface area contributed by atoms with Crippen molar-refractivity contribution >= 4 is 23.5 Å². The maximum absolute atomic E-state index is 13.5. The molecule has 1 saturated heterocycles. The second kappa shape index (κ2) is 7.86. The topological polar surface area (TPSA) is 94.2 Å². The molecule has 162 valence electrons. The normalized spacial score (nSPS) is 19.8. The smallest absolute Gasteiger partial charge is 0.344 e. The summed E-state index contributed by atoms with van der Waals surface area (Å²) in [5.74, 6) is -3.38. The van der Waals surface area contributed by atoms with E-state index in [1.54, 1.807) is 12.1 Å². The number of nitrogens with one attached hydrogen (secondary N) is 1. The molecule has 0 aliphatic carbocycles. The van der Waals surface area contributed by atoms with E-state index >= 15 is 0 Å². The molecule has 0 spiro atoms. The zero-order valence-electron chi connectivity index (χ0n) is 16.6. The number of anilines is 1. The number of carbonyl (C=O) groups excluding carboxylic acids is 3. The molecule has 2 heterocycles. The molecule has 0 bridgehead atoms. The lowest BCUT2D eigenvalue weighted by molar-refractivity contribution is -0.144. The van der Waals surface area contributed by atoms with Crippen LogP contribution in [0.25, 0.3) is 0 Å². The molecule has 0 saturated carbocycles. The molecule has 2 atom stereocenters. The molecule has 0 radical (unpaired) electrons. The van der Waals surface area contributed by atoms with Gasteiger partial charge < -0.3 is 19.5 Å². The minimum atomic E-state index is -1.13. The van der Waals surface area contributed by atoms with Crippen molar-refractivity contribution in [1.82, 2.24) is 4.90 Å². The zero-order valence-corrected chi connectivity index (χ0v) is 16.6. The molecule has 2 aliphatic heterocycles. The van der Waals surface area contributed by atoms with Crippen LogP contribution in [0.3, 0.4) is 0 Å². The van der Waals surface area contributed by atoms with Crippen LogP contribution >= 0.6 is 0 Å². The Balaban J connectivity index is 1.64. The Kier molecular flexibility index (Phi) is 5.22. The van der Waals surface area contributed by atoms with E-state index in [1.807, 2.05) is 0 Å². The Labute approximate surface area is 175 Å². The van der Waals surface area contributed by atoms with E-state index in [1.165, 1.54) is 25.2 Å². The summed E-state index contributed by atoms with van der Waals surface area (Å²) in [5.41, 5.74) is 0.522. The van der Waals surface area contributed by atoms with Gasteiger partial charge in [0.2, 0.25) is 18.0 Å². The monoisotopic (exact) mass is 432 g/mol. The van der Waals surface area contributed by atoms with Gasteiger partial charge in [-0.15, -0.1) is 0 Å². The first-order chi connectivity index (χ1) is 14.8. The fourth-order valence-corrected chi connectivity index (χ4v) is 3.84. The Morgan fingerprint density at radius 1 is 1.13 bits per heavy atom. The Morgan fingerprint density at radius 3 is 2.58 bits per heavy atom. The summed E-state index contributed by atoms with van der Waals surface area (Å²) < 4.78 is 42.5. The molecule has 10 heteroatoms. The van der Waals surface area contributed by atoms with Gasteiger partial charge in [0.1, 0.15) is 11.6 Å². The van der Waals surface area contributed by atoms with Crippen molar-refractivity contribution in [2.75, 3.05) is 19.5 Å². The average molecular weight is 432 g/mol. The van der Waals surface area contributed by atoms with Gasteiger partial charge in [0.25, 0.3) is 0 Å². The van der Waals surface area contributed by atoms with E-state index in [0.29, 0.717) is 11.3 Å². The van der Waals surface area contributed by atoms with E-state index in [4.69, 9.17) is 14.2 Å². The summed E-state index contributed by atoms with van der Waals surface area (Å²) in [6.45, 7) is 0. The largest absolute Gasteiger partial charge is 0.493 e. The predicted octanol–water partition coefficient (Wildman–Crippen LogP) is 2.78. The van der Waals surface area contributed by atoms with E-state index in [2.05, 4.69) is 5.32 Å². The molecule has 0 aromatic heterocycles. The molecule has 1 fully saturated rings. The number of rotatable bonds is 5. The van der Waals surface area contributed by atoms with Crippen molar-refractivity contribution in [3.63, 3.8) is 0 Å². The highest BCUT2D eigenvalue weighted by molar-refractivity contribution is 6.01. The van der Waals surface area contributed by atoms with E-state index in [9.17, 15) is 23.2 Å². The number of ether oxygens (including phenoxy) is 3. The third-order valence-electron chi connectivity index (χ3n) is 5.26. The minimum absolute atomic E-state index is 0.0402. The highest BCUT2D eigenvalue weighted by Crippen LogP contribution is 2.45. The molecular weight excluding hydrogens is 414 g/mol. The first kappa shape index (κ1) is 20.6. The van der Waals surface area contributed by atoms with Gasteiger partial charge in [-0.2, -0.15) is 0 Å². The summed E-state index contributed by atoms with van der Waals surface area (Å²) in [5, 5.41) is 2.48. The Morgan fingerprint density at radius 2 is 1.90 bits per heavy atom. The molecule has 2 aromatic rings. The SMILES string of the molecule is COc1ccc2c(c1OC)C(=O)O[C@H]2N1C(=O)CC[C@H]1C(=O)Nc1ccc(F)c(F)c1. The number of hydrogen-bond donors (Lipinski definition) is 1. The van der Waals surface area contributed by atoms with Gasteiger partial charge in [0.05, 0.1) is 14.2 Å².